The molecular formula is C7H11FN2. The molecule has 0 aromatic carbocycles. The van der Waals surface area contributed by atoms with E-state index in [9.17, 15) is 4.39 Å². The maximum atomic E-state index is 12.7. The first-order valence-corrected chi connectivity index (χ1v) is 3.33. The lowest BCUT2D eigenvalue weighted by atomic mass is 10.1. The summed E-state index contributed by atoms with van der Waals surface area (Å²) in [5.74, 6) is 4.90. The molecule has 0 atom stereocenters. The number of nitrogens with one attached hydrogen (secondary N) is 1. The molecule has 1 rings (SSSR count). The molecule has 3 heteroatoms. The molecule has 56 valence electrons. The summed E-state index contributed by atoms with van der Waals surface area (Å²) < 4.78 is 12.7. The van der Waals surface area contributed by atoms with Crippen LogP contribution >= 0.6 is 0 Å². The summed E-state index contributed by atoms with van der Waals surface area (Å²) in [5.41, 5.74) is 3.09. The van der Waals surface area contributed by atoms with Gasteiger partial charge >= 0.3 is 0 Å². The SMILES string of the molecule is NNCC1=CCCC=C1F. The van der Waals surface area contributed by atoms with E-state index in [-0.39, 0.29) is 5.83 Å². The van der Waals surface area contributed by atoms with Gasteiger partial charge in [0.15, 0.2) is 0 Å². The van der Waals surface area contributed by atoms with Gasteiger partial charge in [-0.25, -0.2) is 4.39 Å². The van der Waals surface area contributed by atoms with Crippen LogP contribution in [0.25, 0.3) is 0 Å². The van der Waals surface area contributed by atoms with Crippen LogP contribution < -0.4 is 11.3 Å². The Hall–Kier alpha value is -0.670. The lowest BCUT2D eigenvalue weighted by Crippen LogP contribution is -2.24. The Morgan fingerprint density at radius 1 is 1.50 bits per heavy atom. The summed E-state index contributed by atoms with van der Waals surface area (Å²) in [7, 11) is 0. The number of rotatable bonds is 2. The van der Waals surface area contributed by atoms with Crippen molar-refractivity contribution in [2.45, 2.75) is 12.8 Å². The number of allylic oxidation sites excluding steroid dienone is 2. The van der Waals surface area contributed by atoms with E-state index in [1.165, 1.54) is 0 Å². The fraction of sp³-hybridized carbons (Fsp3) is 0.429. The molecule has 0 bridgehead atoms. The predicted molar refractivity (Wildman–Crippen MR) is 38.7 cm³/mol. The van der Waals surface area contributed by atoms with E-state index in [2.05, 4.69) is 5.43 Å². The van der Waals surface area contributed by atoms with Crippen LogP contribution in [0.2, 0.25) is 0 Å². The largest absolute Gasteiger partial charge is 0.271 e. The van der Waals surface area contributed by atoms with Gasteiger partial charge in [-0.1, -0.05) is 6.08 Å². The Kier molecular flexibility index (Phi) is 2.59. The molecule has 10 heavy (non-hydrogen) atoms. The molecule has 0 aromatic rings. The zero-order chi connectivity index (χ0) is 7.40. The minimum atomic E-state index is -0.135. The molecule has 2 nitrogen and oxygen atoms in total. The van der Waals surface area contributed by atoms with E-state index < -0.39 is 0 Å². The highest BCUT2D eigenvalue weighted by molar-refractivity contribution is 5.29. The van der Waals surface area contributed by atoms with E-state index in [0.29, 0.717) is 12.1 Å². The molecule has 1 aliphatic carbocycles. The summed E-state index contributed by atoms with van der Waals surface area (Å²) >= 11 is 0. The molecule has 0 saturated carbocycles. The third-order valence-corrected chi connectivity index (χ3v) is 1.48. The lowest BCUT2D eigenvalue weighted by Gasteiger charge is -2.07. The number of halogens is 1. The summed E-state index contributed by atoms with van der Waals surface area (Å²) in [6.07, 6.45) is 5.19. The third-order valence-electron chi connectivity index (χ3n) is 1.48. The fourth-order valence-corrected chi connectivity index (χ4v) is 0.963. The van der Waals surface area contributed by atoms with Crippen molar-refractivity contribution in [3.8, 4) is 0 Å². The second kappa shape index (κ2) is 3.49. The molecule has 0 aromatic heterocycles. The van der Waals surface area contributed by atoms with Crippen LogP contribution in [0.1, 0.15) is 12.8 Å². The second-order valence-corrected chi connectivity index (χ2v) is 2.24. The lowest BCUT2D eigenvalue weighted by molar-refractivity contribution is 0.616. The minimum Gasteiger partial charge on any atom is -0.271 e. The molecule has 0 radical (unpaired) electrons. The maximum absolute atomic E-state index is 12.7. The van der Waals surface area contributed by atoms with E-state index >= 15 is 0 Å². The Morgan fingerprint density at radius 2 is 2.20 bits per heavy atom. The van der Waals surface area contributed by atoms with Gasteiger partial charge in [0, 0.05) is 6.54 Å². The quantitative estimate of drug-likeness (QED) is 0.446. The average Bonchev–Trinajstić information content (AvgIpc) is 1.94. The van der Waals surface area contributed by atoms with Crippen LogP contribution in [0.15, 0.2) is 23.6 Å². The summed E-state index contributed by atoms with van der Waals surface area (Å²) in [6, 6.07) is 0. The van der Waals surface area contributed by atoms with Crippen LogP contribution in [0.3, 0.4) is 0 Å². The van der Waals surface area contributed by atoms with Crippen molar-refractivity contribution in [1.29, 1.82) is 0 Å². The molecule has 0 heterocycles. The van der Waals surface area contributed by atoms with Gasteiger partial charge in [-0.15, -0.1) is 0 Å². The average molecular weight is 142 g/mol. The number of hydrogen-bond acceptors (Lipinski definition) is 2. The van der Waals surface area contributed by atoms with Crippen LogP contribution in [0, 0.1) is 0 Å². The maximum Gasteiger partial charge on any atom is 0.123 e. The van der Waals surface area contributed by atoms with Gasteiger partial charge in [0.2, 0.25) is 0 Å². The molecule has 0 unspecified atom stereocenters. The van der Waals surface area contributed by atoms with Crippen molar-refractivity contribution in [2.75, 3.05) is 6.54 Å². The fourth-order valence-electron chi connectivity index (χ4n) is 0.963. The van der Waals surface area contributed by atoms with Gasteiger partial charge in [-0.3, -0.25) is 11.3 Å². The van der Waals surface area contributed by atoms with Gasteiger partial charge in [0.25, 0.3) is 0 Å². The molecule has 0 fully saturated rings. The zero-order valence-electron chi connectivity index (χ0n) is 5.73. The second-order valence-electron chi connectivity index (χ2n) is 2.24. The van der Waals surface area contributed by atoms with Gasteiger partial charge in [-0.2, -0.15) is 0 Å². The summed E-state index contributed by atoms with van der Waals surface area (Å²) in [6.45, 7) is 0.419. The van der Waals surface area contributed by atoms with Gasteiger partial charge in [0.1, 0.15) is 5.83 Å². The third kappa shape index (κ3) is 1.65. The van der Waals surface area contributed by atoms with E-state index in [4.69, 9.17) is 5.84 Å². The van der Waals surface area contributed by atoms with Crippen LogP contribution in [-0.2, 0) is 0 Å². The topological polar surface area (TPSA) is 38.0 Å². The molecule has 0 spiro atoms. The highest BCUT2D eigenvalue weighted by Crippen LogP contribution is 2.18. The van der Waals surface area contributed by atoms with E-state index in [1.807, 2.05) is 6.08 Å². The number of hydrazine groups is 1. The zero-order valence-corrected chi connectivity index (χ0v) is 5.73. The first kappa shape index (κ1) is 7.44. The summed E-state index contributed by atoms with van der Waals surface area (Å²) in [4.78, 5) is 0. The molecule has 1 aliphatic rings. The van der Waals surface area contributed by atoms with Crippen LogP contribution in [0.4, 0.5) is 4.39 Å². The molecule has 0 aliphatic heterocycles. The highest BCUT2D eigenvalue weighted by Gasteiger charge is 2.05. The summed E-state index contributed by atoms with van der Waals surface area (Å²) in [5, 5.41) is 0. The van der Waals surface area contributed by atoms with Crippen LogP contribution in [0.5, 0.6) is 0 Å². The minimum absolute atomic E-state index is 0.135. The van der Waals surface area contributed by atoms with E-state index in [0.717, 1.165) is 12.8 Å². The Balaban J connectivity index is 2.56. The molecule has 3 N–H and O–H groups in total. The highest BCUT2D eigenvalue weighted by atomic mass is 19.1. The van der Waals surface area contributed by atoms with Crippen molar-refractivity contribution >= 4 is 0 Å². The molecule has 0 amide bonds. The van der Waals surface area contributed by atoms with Crippen molar-refractivity contribution in [3.05, 3.63) is 23.6 Å². The van der Waals surface area contributed by atoms with Crippen molar-refractivity contribution in [1.82, 2.24) is 5.43 Å². The predicted octanol–water partition coefficient (Wildman–Crippen LogP) is 1.02. The Labute approximate surface area is 59.6 Å². The monoisotopic (exact) mass is 142 g/mol. The van der Waals surface area contributed by atoms with Crippen molar-refractivity contribution in [2.24, 2.45) is 5.84 Å². The number of hydrogen-bond donors (Lipinski definition) is 2. The standard InChI is InChI=1S/C7H11FN2/c8-7-4-2-1-3-6(7)5-10-9/h3-4,10H,1-2,5,9H2. The van der Waals surface area contributed by atoms with Gasteiger partial charge in [-0.05, 0) is 24.5 Å². The normalized spacial score (nSPS) is 18.2. The molecular weight excluding hydrogens is 131 g/mol. The Bertz CT molecular complexity index is 172. The first-order valence-electron chi connectivity index (χ1n) is 3.33. The van der Waals surface area contributed by atoms with Gasteiger partial charge < -0.3 is 0 Å². The van der Waals surface area contributed by atoms with Gasteiger partial charge in [0.05, 0.1) is 0 Å². The first-order chi connectivity index (χ1) is 4.84. The van der Waals surface area contributed by atoms with E-state index in [1.54, 1.807) is 6.08 Å². The van der Waals surface area contributed by atoms with Crippen molar-refractivity contribution in [3.63, 3.8) is 0 Å². The Morgan fingerprint density at radius 3 is 2.80 bits per heavy atom. The van der Waals surface area contributed by atoms with Crippen LogP contribution in [-0.4, -0.2) is 6.54 Å². The number of nitrogens with two attached hydrogens (primary N) is 1. The van der Waals surface area contributed by atoms with Crippen molar-refractivity contribution < 1.29 is 4.39 Å². The molecule has 0 saturated heterocycles. The smallest absolute Gasteiger partial charge is 0.123 e.